The van der Waals surface area contributed by atoms with E-state index in [-0.39, 0.29) is 29.4 Å². The van der Waals surface area contributed by atoms with Gasteiger partial charge in [-0.05, 0) is 19.4 Å². The van der Waals surface area contributed by atoms with E-state index in [1.807, 2.05) is 11.8 Å². The van der Waals surface area contributed by atoms with Gasteiger partial charge in [0.05, 0.1) is 23.7 Å². The van der Waals surface area contributed by atoms with Crippen LogP contribution in [0.15, 0.2) is 12.1 Å². The summed E-state index contributed by atoms with van der Waals surface area (Å²) in [6.45, 7) is 3.70. The zero-order valence-corrected chi connectivity index (χ0v) is 11.9. The molecule has 0 amide bonds. The van der Waals surface area contributed by atoms with Gasteiger partial charge in [-0.1, -0.05) is 0 Å². The molecule has 114 valence electrons. The first-order chi connectivity index (χ1) is 10.1. The van der Waals surface area contributed by atoms with E-state index in [1.54, 1.807) is 12.1 Å². The Labute approximate surface area is 122 Å². The number of aliphatic hydroxyl groups excluding tert-OH is 1. The second-order valence-electron chi connectivity index (χ2n) is 5.55. The standard InChI is InChI=1S/C14H19N3O4/c1-9-6-16(7-10(8-18)21-9)14-11-4-5-15-12(11)2-3-13(14)17(19)20/h2-3,9-10,15,18H,4-8H2,1H3/t9-,10+/m1/s1. The van der Waals surface area contributed by atoms with Crippen molar-refractivity contribution < 1.29 is 14.8 Å². The molecular weight excluding hydrogens is 274 g/mol. The van der Waals surface area contributed by atoms with Crippen LogP contribution in [0, 0.1) is 10.1 Å². The van der Waals surface area contributed by atoms with Gasteiger partial charge in [-0.25, -0.2) is 0 Å². The number of hydrogen-bond donors (Lipinski definition) is 2. The Morgan fingerprint density at radius 2 is 2.33 bits per heavy atom. The zero-order valence-electron chi connectivity index (χ0n) is 11.9. The lowest BCUT2D eigenvalue weighted by Crippen LogP contribution is -2.48. The van der Waals surface area contributed by atoms with Crippen LogP contribution in [0.4, 0.5) is 17.1 Å². The number of nitro groups is 1. The van der Waals surface area contributed by atoms with E-state index < -0.39 is 0 Å². The monoisotopic (exact) mass is 293 g/mol. The third kappa shape index (κ3) is 2.54. The van der Waals surface area contributed by atoms with E-state index in [9.17, 15) is 15.2 Å². The fourth-order valence-electron chi connectivity index (χ4n) is 3.19. The lowest BCUT2D eigenvalue weighted by molar-refractivity contribution is -0.384. The normalized spacial score (nSPS) is 24.6. The fraction of sp³-hybridized carbons (Fsp3) is 0.571. The van der Waals surface area contributed by atoms with E-state index in [4.69, 9.17) is 4.74 Å². The Bertz CT molecular complexity index is 563. The van der Waals surface area contributed by atoms with E-state index in [2.05, 4.69) is 5.32 Å². The van der Waals surface area contributed by atoms with Crippen molar-refractivity contribution in [3.8, 4) is 0 Å². The van der Waals surface area contributed by atoms with E-state index in [0.717, 1.165) is 24.2 Å². The molecule has 0 aliphatic carbocycles. The maximum absolute atomic E-state index is 11.4. The van der Waals surface area contributed by atoms with Crippen LogP contribution in [0.2, 0.25) is 0 Å². The minimum Gasteiger partial charge on any atom is -0.394 e. The summed E-state index contributed by atoms with van der Waals surface area (Å²) in [7, 11) is 0. The summed E-state index contributed by atoms with van der Waals surface area (Å²) in [5.74, 6) is 0. The molecule has 2 aliphatic rings. The minimum absolute atomic E-state index is 0.0688. The molecule has 0 saturated carbocycles. The van der Waals surface area contributed by atoms with Crippen LogP contribution < -0.4 is 10.2 Å². The second-order valence-corrected chi connectivity index (χ2v) is 5.55. The van der Waals surface area contributed by atoms with Gasteiger partial charge in [-0.2, -0.15) is 0 Å². The molecule has 0 spiro atoms. The van der Waals surface area contributed by atoms with Gasteiger partial charge in [0, 0.05) is 37.0 Å². The Morgan fingerprint density at radius 3 is 3.05 bits per heavy atom. The molecule has 2 atom stereocenters. The van der Waals surface area contributed by atoms with Crippen molar-refractivity contribution in [2.24, 2.45) is 0 Å². The first kappa shape index (κ1) is 14.1. The van der Waals surface area contributed by atoms with Gasteiger partial charge in [-0.15, -0.1) is 0 Å². The van der Waals surface area contributed by atoms with Crippen molar-refractivity contribution in [2.45, 2.75) is 25.6 Å². The van der Waals surface area contributed by atoms with E-state index >= 15 is 0 Å². The maximum Gasteiger partial charge on any atom is 0.292 e. The van der Waals surface area contributed by atoms with Crippen LogP contribution in [0.1, 0.15) is 12.5 Å². The summed E-state index contributed by atoms with van der Waals surface area (Å²) < 4.78 is 5.63. The number of morpholine rings is 1. The quantitative estimate of drug-likeness (QED) is 0.642. The summed E-state index contributed by atoms with van der Waals surface area (Å²) in [5, 5.41) is 24.0. The van der Waals surface area contributed by atoms with Crippen LogP contribution in [-0.2, 0) is 11.2 Å². The second kappa shape index (κ2) is 5.50. The van der Waals surface area contributed by atoms with Gasteiger partial charge < -0.3 is 20.1 Å². The van der Waals surface area contributed by atoms with Crippen LogP contribution in [-0.4, -0.2) is 48.5 Å². The average molecular weight is 293 g/mol. The molecule has 0 unspecified atom stereocenters. The average Bonchev–Trinajstić information content (AvgIpc) is 2.93. The number of ether oxygens (including phenoxy) is 1. The molecule has 21 heavy (non-hydrogen) atoms. The number of hydrogen-bond acceptors (Lipinski definition) is 6. The molecule has 1 saturated heterocycles. The van der Waals surface area contributed by atoms with Gasteiger partial charge >= 0.3 is 0 Å². The third-order valence-electron chi connectivity index (χ3n) is 3.99. The lowest BCUT2D eigenvalue weighted by atomic mass is 10.1. The number of nitrogens with one attached hydrogen (secondary N) is 1. The number of rotatable bonds is 3. The van der Waals surface area contributed by atoms with Crippen molar-refractivity contribution in [3.05, 3.63) is 27.8 Å². The highest BCUT2D eigenvalue weighted by atomic mass is 16.6. The number of nitrogens with zero attached hydrogens (tertiary/aromatic N) is 2. The number of aliphatic hydroxyl groups is 1. The highest BCUT2D eigenvalue weighted by Crippen LogP contribution is 2.40. The van der Waals surface area contributed by atoms with Gasteiger partial charge in [-0.3, -0.25) is 10.1 Å². The largest absolute Gasteiger partial charge is 0.394 e. The molecule has 2 aliphatic heterocycles. The first-order valence-corrected chi connectivity index (χ1v) is 7.15. The molecule has 2 N–H and O–H groups in total. The van der Waals surface area contributed by atoms with Gasteiger partial charge in [0.1, 0.15) is 5.69 Å². The van der Waals surface area contributed by atoms with Gasteiger partial charge in [0.2, 0.25) is 0 Å². The molecule has 0 bridgehead atoms. The molecule has 2 heterocycles. The zero-order chi connectivity index (χ0) is 15.0. The Hall–Kier alpha value is -1.86. The highest BCUT2D eigenvalue weighted by Gasteiger charge is 2.33. The van der Waals surface area contributed by atoms with E-state index in [1.165, 1.54) is 0 Å². The molecule has 7 nitrogen and oxygen atoms in total. The summed E-state index contributed by atoms with van der Waals surface area (Å²) in [6, 6.07) is 3.33. The smallest absolute Gasteiger partial charge is 0.292 e. The fourth-order valence-corrected chi connectivity index (χ4v) is 3.19. The van der Waals surface area contributed by atoms with Gasteiger partial charge in [0.15, 0.2) is 0 Å². The summed E-state index contributed by atoms with van der Waals surface area (Å²) >= 11 is 0. The molecule has 1 fully saturated rings. The lowest BCUT2D eigenvalue weighted by Gasteiger charge is -2.38. The summed E-state index contributed by atoms with van der Waals surface area (Å²) in [4.78, 5) is 13.0. The highest BCUT2D eigenvalue weighted by molar-refractivity contribution is 5.78. The number of anilines is 2. The molecule has 7 heteroatoms. The molecule has 0 radical (unpaired) electrons. The number of fused-ring (bicyclic) bond motifs is 1. The summed E-state index contributed by atoms with van der Waals surface area (Å²) in [6.07, 6.45) is 0.404. The predicted octanol–water partition coefficient (Wildman–Crippen LogP) is 1.15. The topological polar surface area (TPSA) is 87.9 Å². The number of nitro benzene ring substituents is 1. The van der Waals surface area contributed by atoms with Gasteiger partial charge in [0.25, 0.3) is 5.69 Å². The van der Waals surface area contributed by atoms with Crippen LogP contribution in [0.5, 0.6) is 0 Å². The maximum atomic E-state index is 11.4. The van der Waals surface area contributed by atoms with Crippen molar-refractivity contribution in [1.82, 2.24) is 0 Å². The van der Waals surface area contributed by atoms with Crippen molar-refractivity contribution >= 4 is 17.1 Å². The molecular formula is C14H19N3O4. The number of benzene rings is 1. The first-order valence-electron chi connectivity index (χ1n) is 7.15. The Morgan fingerprint density at radius 1 is 1.52 bits per heavy atom. The molecule has 3 rings (SSSR count). The Balaban J connectivity index is 2.03. The van der Waals surface area contributed by atoms with Crippen LogP contribution >= 0.6 is 0 Å². The SMILES string of the molecule is C[C@@H]1CN(c2c([N+](=O)[O-])ccc3c2CCN3)C[C@@H](CO)O1. The summed E-state index contributed by atoms with van der Waals surface area (Å²) in [5.41, 5.74) is 2.77. The van der Waals surface area contributed by atoms with Crippen molar-refractivity contribution in [2.75, 3.05) is 36.5 Å². The van der Waals surface area contributed by atoms with Crippen LogP contribution in [0.25, 0.3) is 0 Å². The van der Waals surface area contributed by atoms with Crippen molar-refractivity contribution in [1.29, 1.82) is 0 Å². The molecule has 0 aromatic heterocycles. The third-order valence-corrected chi connectivity index (χ3v) is 3.99. The van der Waals surface area contributed by atoms with Crippen LogP contribution in [0.3, 0.4) is 0 Å². The molecule has 1 aromatic rings. The predicted molar refractivity (Wildman–Crippen MR) is 78.9 cm³/mol. The Kier molecular flexibility index (Phi) is 3.69. The minimum atomic E-state index is -0.331. The van der Waals surface area contributed by atoms with E-state index in [0.29, 0.717) is 18.8 Å². The molecule has 1 aromatic carbocycles. The van der Waals surface area contributed by atoms with Crippen molar-refractivity contribution in [3.63, 3.8) is 0 Å².